The van der Waals surface area contributed by atoms with Crippen molar-refractivity contribution in [1.82, 2.24) is 25.1 Å². The molecule has 2 aliphatic rings. The zero-order chi connectivity index (χ0) is 25.8. The van der Waals surface area contributed by atoms with Gasteiger partial charge in [-0.3, -0.25) is 9.69 Å². The fourth-order valence-electron chi connectivity index (χ4n) is 4.97. The zero-order valence-corrected chi connectivity index (χ0v) is 21.8. The number of anilines is 2. The van der Waals surface area contributed by atoms with E-state index in [4.69, 9.17) is 16.6 Å². The summed E-state index contributed by atoms with van der Waals surface area (Å²) in [7, 11) is 0. The van der Waals surface area contributed by atoms with E-state index in [9.17, 15) is 14.0 Å². The summed E-state index contributed by atoms with van der Waals surface area (Å²) in [6, 6.07) is 8.36. The van der Waals surface area contributed by atoms with Crippen LogP contribution in [0.25, 0.3) is 0 Å². The first kappa shape index (κ1) is 25.7. The molecule has 0 spiro atoms. The highest BCUT2D eigenvalue weighted by atomic mass is 35.5. The Morgan fingerprint density at radius 1 is 1.27 bits per heavy atom. The topological polar surface area (TPSA) is 90.5 Å². The van der Waals surface area contributed by atoms with Crippen LogP contribution in [0.15, 0.2) is 41.9 Å². The molecule has 194 valence electrons. The summed E-state index contributed by atoms with van der Waals surface area (Å²) in [5, 5.41) is 9.21. The number of nitrogens with zero attached hydrogens (tertiary/aromatic N) is 4. The molecule has 2 atom stereocenters. The second-order valence-corrected chi connectivity index (χ2v) is 10.6. The van der Waals surface area contributed by atoms with Gasteiger partial charge in [0.05, 0.1) is 22.3 Å². The molecule has 2 aliphatic heterocycles. The van der Waals surface area contributed by atoms with E-state index in [0.29, 0.717) is 38.5 Å². The van der Waals surface area contributed by atoms with Crippen molar-refractivity contribution in [3.63, 3.8) is 0 Å². The number of aldehydes is 1. The molecule has 0 radical (unpaired) electrons. The Kier molecular flexibility index (Phi) is 8.09. The summed E-state index contributed by atoms with van der Waals surface area (Å²) < 4.78 is 14.4. The molecule has 0 bridgehead atoms. The summed E-state index contributed by atoms with van der Waals surface area (Å²) in [6.07, 6.45) is 4.67. The fraction of sp³-hybridized carbons (Fsp3) is 0.385. The molecule has 2 saturated heterocycles. The van der Waals surface area contributed by atoms with Crippen molar-refractivity contribution in [3.05, 3.63) is 69.6 Å². The highest BCUT2D eigenvalue weighted by Crippen LogP contribution is 2.31. The number of piperazine rings is 1. The quantitative estimate of drug-likeness (QED) is 0.435. The van der Waals surface area contributed by atoms with Gasteiger partial charge in [-0.15, -0.1) is 11.3 Å². The number of pyridine rings is 1. The van der Waals surface area contributed by atoms with Crippen LogP contribution in [0.5, 0.6) is 0 Å². The lowest BCUT2D eigenvalue weighted by molar-refractivity contribution is -0.110. The first-order valence-corrected chi connectivity index (χ1v) is 13.6. The van der Waals surface area contributed by atoms with E-state index in [2.05, 4.69) is 26.6 Å². The second kappa shape index (κ2) is 11.6. The van der Waals surface area contributed by atoms with Crippen molar-refractivity contribution in [2.24, 2.45) is 0 Å². The van der Waals surface area contributed by atoms with Crippen molar-refractivity contribution in [2.45, 2.75) is 31.3 Å². The molecule has 2 aromatic heterocycles. The minimum Gasteiger partial charge on any atom is -0.336 e. The molecule has 4 heterocycles. The molecule has 8 nitrogen and oxygen atoms in total. The van der Waals surface area contributed by atoms with Gasteiger partial charge in [0.1, 0.15) is 12.1 Å². The van der Waals surface area contributed by atoms with Crippen LogP contribution < -0.4 is 10.6 Å². The molecule has 37 heavy (non-hydrogen) atoms. The molecule has 0 saturated carbocycles. The molecule has 1 aromatic carbocycles. The Morgan fingerprint density at radius 3 is 2.86 bits per heavy atom. The lowest BCUT2D eigenvalue weighted by Gasteiger charge is -2.35. The Bertz CT molecular complexity index is 1250. The third-order valence-electron chi connectivity index (χ3n) is 6.88. The van der Waals surface area contributed by atoms with Crippen LogP contribution in [-0.4, -0.2) is 70.7 Å². The van der Waals surface area contributed by atoms with Crippen LogP contribution in [0.4, 0.5) is 15.3 Å². The summed E-state index contributed by atoms with van der Waals surface area (Å²) >= 11 is 7.36. The van der Waals surface area contributed by atoms with Gasteiger partial charge in [0.25, 0.3) is 5.91 Å². The van der Waals surface area contributed by atoms with Gasteiger partial charge in [0.2, 0.25) is 0 Å². The molecule has 2 fully saturated rings. The zero-order valence-electron chi connectivity index (χ0n) is 20.2. The highest BCUT2D eigenvalue weighted by Gasteiger charge is 2.28. The number of benzene rings is 1. The number of hydrogen-bond acceptors (Lipinski definition) is 8. The average molecular weight is 543 g/mol. The SMILES string of the molecule is O=CC1NCCCC1c1cc(CN2CCN(C(=O)c3cccc(Cl)c3F)CC2)nc(Nc2nccs2)c1. The summed E-state index contributed by atoms with van der Waals surface area (Å²) in [4.78, 5) is 37.6. The van der Waals surface area contributed by atoms with Gasteiger partial charge in [-0.05, 0) is 49.2 Å². The van der Waals surface area contributed by atoms with Crippen LogP contribution in [0.3, 0.4) is 0 Å². The molecule has 2 unspecified atom stereocenters. The van der Waals surface area contributed by atoms with Crippen molar-refractivity contribution in [3.8, 4) is 0 Å². The van der Waals surface area contributed by atoms with Gasteiger partial charge in [0, 0.05) is 50.2 Å². The molecule has 2 N–H and O–H groups in total. The number of hydrogen-bond donors (Lipinski definition) is 2. The van der Waals surface area contributed by atoms with E-state index in [1.807, 2.05) is 11.4 Å². The van der Waals surface area contributed by atoms with Crippen LogP contribution in [0.2, 0.25) is 5.02 Å². The summed E-state index contributed by atoms with van der Waals surface area (Å²) in [5.41, 5.74) is 1.95. The van der Waals surface area contributed by atoms with Crippen molar-refractivity contribution in [2.75, 3.05) is 38.0 Å². The smallest absolute Gasteiger partial charge is 0.256 e. The number of carbonyl (C=O) groups is 2. The standard InChI is InChI=1S/C26H28ClFN6O2S/c27-21-5-1-3-20(24(21)28)25(36)34-10-8-33(9-11-34)15-18-13-17(19-4-2-6-29-22(19)16-35)14-23(31-18)32-26-30-7-12-37-26/h1,3,5,7,12-14,16,19,22,29H,2,4,6,8-11,15H2,(H,30,31,32). The average Bonchev–Trinajstić information content (AvgIpc) is 3.43. The monoisotopic (exact) mass is 542 g/mol. The normalized spacial score (nSPS) is 20.5. The molecular formula is C26H28ClFN6O2S. The first-order chi connectivity index (χ1) is 18.0. The summed E-state index contributed by atoms with van der Waals surface area (Å²) in [6.45, 7) is 3.67. The predicted octanol–water partition coefficient (Wildman–Crippen LogP) is 4.07. The van der Waals surface area contributed by atoms with Gasteiger partial charge in [-0.2, -0.15) is 0 Å². The van der Waals surface area contributed by atoms with Gasteiger partial charge in [-0.1, -0.05) is 17.7 Å². The Labute approximate surface area is 223 Å². The van der Waals surface area contributed by atoms with Crippen molar-refractivity contribution >= 4 is 46.1 Å². The Hall–Kier alpha value is -2.92. The molecule has 0 aliphatic carbocycles. The lowest BCUT2D eigenvalue weighted by Crippen LogP contribution is -2.48. The van der Waals surface area contributed by atoms with E-state index < -0.39 is 5.82 Å². The van der Waals surface area contributed by atoms with E-state index in [-0.39, 0.29) is 28.5 Å². The maximum atomic E-state index is 14.4. The minimum absolute atomic E-state index is 0.000885. The lowest BCUT2D eigenvalue weighted by atomic mass is 9.85. The number of halogens is 2. The first-order valence-electron chi connectivity index (χ1n) is 12.3. The third kappa shape index (κ3) is 5.98. The molecular weight excluding hydrogens is 515 g/mol. The van der Waals surface area contributed by atoms with Gasteiger partial charge >= 0.3 is 0 Å². The van der Waals surface area contributed by atoms with Crippen LogP contribution in [0, 0.1) is 5.82 Å². The molecule has 3 aromatic rings. The Morgan fingerprint density at radius 2 is 2.11 bits per heavy atom. The van der Waals surface area contributed by atoms with E-state index in [1.54, 1.807) is 17.2 Å². The van der Waals surface area contributed by atoms with Gasteiger partial charge < -0.3 is 20.3 Å². The maximum absolute atomic E-state index is 14.4. The number of aromatic nitrogens is 2. The number of piperidine rings is 1. The molecule has 1 amide bonds. The van der Waals surface area contributed by atoms with E-state index in [1.165, 1.54) is 23.5 Å². The molecule has 11 heteroatoms. The number of thiazole rings is 1. The number of carbonyl (C=O) groups excluding carboxylic acids is 2. The highest BCUT2D eigenvalue weighted by molar-refractivity contribution is 7.13. The van der Waals surface area contributed by atoms with Crippen molar-refractivity contribution < 1.29 is 14.0 Å². The fourth-order valence-corrected chi connectivity index (χ4v) is 5.68. The van der Waals surface area contributed by atoms with Crippen molar-refractivity contribution in [1.29, 1.82) is 0 Å². The van der Waals surface area contributed by atoms with E-state index in [0.717, 1.165) is 42.1 Å². The molecule has 5 rings (SSSR count). The summed E-state index contributed by atoms with van der Waals surface area (Å²) in [5.74, 6) is -0.252. The minimum atomic E-state index is -0.677. The maximum Gasteiger partial charge on any atom is 0.256 e. The second-order valence-electron chi connectivity index (χ2n) is 9.27. The Balaban J connectivity index is 1.30. The third-order valence-corrected chi connectivity index (χ3v) is 7.86. The predicted molar refractivity (Wildman–Crippen MR) is 142 cm³/mol. The number of nitrogens with one attached hydrogen (secondary N) is 2. The van der Waals surface area contributed by atoms with E-state index >= 15 is 0 Å². The van der Waals surface area contributed by atoms with Crippen LogP contribution in [0.1, 0.15) is 40.4 Å². The van der Waals surface area contributed by atoms with Gasteiger partial charge in [-0.25, -0.2) is 14.4 Å². The number of amides is 1. The van der Waals surface area contributed by atoms with Gasteiger partial charge in [0.15, 0.2) is 10.9 Å². The van der Waals surface area contributed by atoms with Crippen LogP contribution >= 0.6 is 22.9 Å². The number of rotatable bonds is 7. The van der Waals surface area contributed by atoms with Crippen LogP contribution in [-0.2, 0) is 11.3 Å². The largest absolute Gasteiger partial charge is 0.336 e.